The third kappa shape index (κ3) is 6.97. The molecule has 1 N–H and O–H groups in total. The van der Waals surface area contributed by atoms with Crippen LogP contribution < -0.4 is 5.32 Å². The number of nitrogens with one attached hydrogen (secondary N) is 1. The number of ether oxygens (including phenoxy) is 1. The largest absolute Gasteiger partial charge is 0.444 e. The number of hydrogen-bond donors (Lipinski definition) is 1. The number of halogens is 2. The molecule has 0 spiro atoms. The van der Waals surface area contributed by atoms with Crippen molar-refractivity contribution in [2.75, 3.05) is 0 Å². The van der Waals surface area contributed by atoms with Crippen molar-refractivity contribution in [1.82, 2.24) is 15.5 Å². The van der Waals surface area contributed by atoms with Crippen molar-refractivity contribution >= 4 is 29.5 Å². The molecule has 31 heavy (non-hydrogen) atoms. The van der Waals surface area contributed by atoms with Gasteiger partial charge >= 0.3 is 6.09 Å². The minimum atomic E-state index is -0.643. The number of carbonyl (C=O) groups is 1. The first-order valence-electron chi connectivity index (χ1n) is 9.64. The zero-order valence-corrected chi connectivity index (χ0v) is 19.0. The zero-order valence-electron chi connectivity index (χ0n) is 17.4. The van der Waals surface area contributed by atoms with Crippen LogP contribution >= 0.6 is 23.4 Å². The maximum Gasteiger partial charge on any atom is 0.408 e. The molecule has 6 nitrogen and oxygen atoms in total. The Morgan fingerprint density at radius 2 is 1.94 bits per heavy atom. The lowest BCUT2D eigenvalue weighted by Gasteiger charge is -2.22. The molecule has 0 aliphatic heterocycles. The minimum absolute atomic E-state index is 0.232. The Kier molecular flexibility index (Phi) is 7.56. The van der Waals surface area contributed by atoms with E-state index in [1.54, 1.807) is 32.9 Å². The average Bonchev–Trinajstić information content (AvgIpc) is 3.15. The highest BCUT2D eigenvalue weighted by molar-refractivity contribution is 7.98. The Labute approximate surface area is 189 Å². The van der Waals surface area contributed by atoms with E-state index >= 15 is 0 Å². The summed E-state index contributed by atoms with van der Waals surface area (Å²) >= 11 is 7.24. The molecule has 2 aromatic carbocycles. The van der Waals surface area contributed by atoms with Crippen LogP contribution in [0.15, 0.2) is 58.2 Å². The Morgan fingerprint density at radius 1 is 1.19 bits per heavy atom. The lowest BCUT2D eigenvalue weighted by Crippen LogP contribution is -2.36. The van der Waals surface area contributed by atoms with Gasteiger partial charge in [-0.3, -0.25) is 0 Å². The fourth-order valence-corrected chi connectivity index (χ4v) is 3.84. The van der Waals surface area contributed by atoms with Crippen molar-refractivity contribution in [1.29, 1.82) is 0 Å². The Balaban J connectivity index is 1.74. The van der Waals surface area contributed by atoms with Gasteiger partial charge in [-0.2, -0.15) is 0 Å². The number of alkyl carbamates (subject to hydrolysis) is 1. The van der Waals surface area contributed by atoms with Gasteiger partial charge in [-0.05, 0) is 38.5 Å². The van der Waals surface area contributed by atoms with Gasteiger partial charge in [-0.1, -0.05) is 59.8 Å². The number of thioether (sulfide) groups is 1. The maximum absolute atomic E-state index is 14.0. The monoisotopic (exact) mass is 463 g/mol. The van der Waals surface area contributed by atoms with E-state index in [0.717, 1.165) is 5.56 Å². The highest BCUT2D eigenvalue weighted by atomic mass is 35.5. The average molecular weight is 464 g/mol. The SMILES string of the molecule is CC(C)(C)OC(=O)N[C@@H](Cc1ccccc1)c1nnc(SCc2c(F)cccc2Cl)o1. The summed E-state index contributed by atoms with van der Waals surface area (Å²) in [6.07, 6.45) is -0.148. The second-order valence-corrected chi connectivity index (χ2v) is 9.12. The van der Waals surface area contributed by atoms with E-state index in [0.29, 0.717) is 17.0 Å². The van der Waals surface area contributed by atoms with Gasteiger partial charge < -0.3 is 14.5 Å². The minimum Gasteiger partial charge on any atom is -0.444 e. The van der Waals surface area contributed by atoms with Crippen LogP contribution in [-0.2, 0) is 16.9 Å². The number of amides is 1. The van der Waals surface area contributed by atoms with Crippen LogP contribution in [0.2, 0.25) is 5.02 Å². The quantitative estimate of drug-likeness (QED) is 0.435. The van der Waals surface area contributed by atoms with Gasteiger partial charge in [-0.15, -0.1) is 10.2 Å². The summed E-state index contributed by atoms with van der Waals surface area (Å²) in [5, 5.41) is 11.5. The molecule has 3 aromatic rings. The van der Waals surface area contributed by atoms with Gasteiger partial charge in [0.05, 0.1) is 0 Å². The van der Waals surface area contributed by atoms with Gasteiger partial charge in [-0.25, -0.2) is 9.18 Å². The van der Waals surface area contributed by atoms with Crippen LogP contribution in [-0.4, -0.2) is 21.9 Å². The molecule has 0 unspecified atom stereocenters. The van der Waals surface area contributed by atoms with E-state index < -0.39 is 23.6 Å². The van der Waals surface area contributed by atoms with E-state index in [1.165, 1.54) is 17.8 Å². The summed E-state index contributed by atoms with van der Waals surface area (Å²) in [6, 6.07) is 13.5. The van der Waals surface area contributed by atoms with Crippen LogP contribution in [0.5, 0.6) is 0 Å². The fraction of sp³-hybridized carbons (Fsp3) is 0.318. The normalized spacial score (nSPS) is 12.4. The number of aromatic nitrogens is 2. The first kappa shape index (κ1) is 23.1. The van der Waals surface area contributed by atoms with Crippen LogP contribution in [0.1, 0.15) is 43.8 Å². The first-order valence-corrected chi connectivity index (χ1v) is 11.0. The van der Waals surface area contributed by atoms with Gasteiger partial charge in [0.2, 0.25) is 5.89 Å². The van der Waals surface area contributed by atoms with E-state index in [-0.39, 0.29) is 16.9 Å². The Morgan fingerprint density at radius 3 is 2.61 bits per heavy atom. The lowest BCUT2D eigenvalue weighted by molar-refractivity contribution is 0.0494. The standard InChI is InChI=1S/C22H23ClFN3O3S/c1-22(2,3)30-20(28)25-18(12-14-8-5-4-6-9-14)19-26-27-21(29-19)31-13-15-16(23)10-7-11-17(15)24/h4-11,18H,12-13H2,1-3H3,(H,25,28)/t18-/m0/s1. The molecule has 1 aromatic heterocycles. The molecule has 1 amide bonds. The molecule has 0 saturated carbocycles. The molecule has 1 heterocycles. The first-order chi connectivity index (χ1) is 14.7. The molecule has 0 bridgehead atoms. The van der Waals surface area contributed by atoms with Crippen LogP contribution in [0, 0.1) is 5.82 Å². The molecule has 9 heteroatoms. The summed E-state index contributed by atoms with van der Waals surface area (Å²) in [7, 11) is 0. The molecule has 164 valence electrons. The molecule has 3 rings (SSSR count). The van der Waals surface area contributed by atoms with Gasteiger partial charge in [0.1, 0.15) is 17.5 Å². The van der Waals surface area contributed by atoms with Crippen LogP contribution in [0.25, 0.3) is 0 Å². The lowest BCUT2D eigenvalue weighted by atomic mass is 10.1. The smallest absolute Gasteiger partial charge is 0.408 e. The predicted molar refractivity (Wildman–Crippen MR) is 118 cm³/mol. The van der Waals surface area contributed by atoms with Crippen LogP contribution in [0.4, 0.5) is 9.18 Å². The van der Waals surface area contributed by atoms with Crippen molar-refractivity contribution in [3.63, 3.8) is 0 Å². The van der Waals surface area contributed by atoms with E-state index in [2.05, 4.69) is 15.5 Å². The fourth-order valence-electron chi connectivity index (χ4n) is 2.72. The molecule has 0 saturated heterocycles. The third-order valence-corrected chi connectivity index (χ3v) is 5.29. The number of benzene rings is 2. The number of hydrogen-bond acceptors (Lipinski definition) is 6. The highest BCUT2D eigenvalue weighted by Crippen LogP contribution is 2.29. The zero-order chi connectivity index (χ0) is 22.4. The summed E-state index contributed by atoms with van der Waals surface area (Å²) < 4.78 is 25.1. The number of rotatable bonds is 7. The van der Waals surface area contributed by atoms with Crippen molar-refractivity contribution in [3.05, 3.63) is 76.4 Å². The highest BCUT2D eigenvalue weighted by Gasteiger charge is 2.25. The molecule has 1 atom stereocenters. The Bertz CT molecular complexity index is 1000. The summed E-state index contributed by atoms with van der Waals surface area (Å²) in [5.41, 5.74) is 0.701. The molecule has 0 aliphatic carbocycles. The van der Waals surface area contributed by atoms with E-state index in [1.807, 2.05) is 30.3 Å². The van der Waals surface area contributed by atoms with E-state index in [4.69, 9.17) is 20.8 Å². The summed E-state index contributed by atoms with van der Waals surface area (Å²) in [4.78, 5) is 12.3. The van der Waals surface area contributed by atoms with Gasteiger partial charge in [0, 0.05) is 22.8 Å². The molecular weight excluding hydrogens is 441 g/mol. The van der Waals surface area contributed by atoms with Crippen molar-refractivity contribution in [2.45, 2.75) is 49.8 Å². The second-order valence-electron chi connectivity index (χ2n) is 7.78. The molecular formula is C22H23ClFN3O3S. The van der Waals surface area contributed by atoms with Crippen molar-refractivity contribution in [3.8, 4) is 0 Å². The third-order valence-electron chi connectivity index (χ3n) is 4.10. The summed E-state index contributed by atoms with van der Waals surface area (Å²) in [6.45, 7) is 5.36. The topological polar surface area (TPSA) is 77.2 Å². The second kappa shape index (κ2) is 10.2. The summed E-state index contributed by atoms with van der Waals surface area (Å²) in [5.74, 6) is 0.0702. The predicted octanol–water partition coefficient (Wildman–Crippen LogP) is 5.96. The number of carbonyl (C=O) groups excluding carboxylic acids is 1. The van der Waals surface area contributed by atoms with Gasteiger partial charge in [0.25, 0.3) is 5.22 Å². The van der Waals surface area contributed by atoms with E-state index in [9.17, 15) is 9.18 Å². The Hall–Kier alpha value is -2.58. The van der Waals surface area contributed by atoms with Crippen molar-refractivity contribution in [2.24, 2.45) is 0 Å². The maximum atomic E-state index is 14.0. The van der Waals surface area contributed by atoms with Gasteiger partial charge in [0.15, 0.2) is 0 Å². The number of nitrogens with zero attached hydrogens (tertiary/aromatic N) is 2. The molecule has 0 radical (unpaired) electrons. The molecule has 0 fully saturated rings. The van der Waals surface area contributed by atoms with Crippen molar-refractivity contribution < 1.29 is 18.3 Å². The molecule has 0 aliphatic rings. The van der Waals surface area contributed by atoms with Crippen LogP contribution in [0.3, 0.4) is 0 Å².